The summed E-state index contributed by atoms with van der Waals surface area (Å²) >= 11 is 0. The molecular weight excluding hydrogens is 385 g/mol. The number of carbonyl (C=O) groups is 1. The van der Waals surface area contributed by atoms with Gasteiger partial charge in [-0.3, -0.25) is 9.69 Å². The molecule has 1 fully saturated rings. The van der Waals surface area contributed by atoms with Crippen molar-refractivity contribution in [1.29, 1.82) is 0 Å². The number of aromatic nitrogens is 3. The highest BCUT2D eigenvalue weighted by Crippen LogP contribution is 2.15. The number of benzene rings is 1. The number of aryl methyl sites for hydroxylation is 2. The van der Waals surface area contributed by atoms with Gasteiger partial charge in [0.05, 0.1) is 13.2 Å². The first-order valence-corrected chi connectivity index (χ1v) is 10.2. The number of hydrogen-bond acceptors (Lipinski definition) is 5. The molecule has 30 heavy (non-hydrogen) atoms. The molecule has 1 aromatic carbocycles. The maximum absolute atomic E-state index is 14.3. The smallest absolute Gasteiger partial charge is 0.274 e. The quantitative estimate of drug-likeness (QED) is 0.624. The number of carbonyl (C=O) groups excluding carboxylic acids is 1. The molecule has 158 valence electrons. The summed E-state index contributed by atoms with van der Waals surface area (Å²) in [7, 11) is 0. The summed E-state index contributed by atoms with van der Waals surface area (Å²) < 4.78 is 21.3. The summed E-state index contributed by atoms with van der Waals surface area (Å²) in [5.41, 5.74) is 3.21. The third-order valence-electron chi connectivity index (χ3n) is 5.35. The van der Waals surface area contributed by atoms with Crippen LogP contribution in [0.2, 0.25) is 0 Å². The molecule has 0 unspecified atom stereocenters. The highest BCUT2D eigenvalue weighted by atomic mass is 19.1. The van der Waals surface area contributed by atoms with Crippen molar-refractivity contribution in [2.24, 2.45) is 0 Å². The molecule has 3 heterocycles. The molecule has 1 amide bonds. The van der Waals surface area contributed by atoms with Crippen molar-refractivity contribution in [3.8, 4) is 0 Å². The van der Waals surface area contributed by atoms with Crippen molar-refractivity contribution in [2.45, 2.75) is 20.4 Å². The predicted octanol–water partition coefficient (Wildman–Crippen LogP) is 2.46. The molecule has 2 aromatic heterocycles. The predicted molar refractivity (Wildman–Crippen MR) is 111 cm³/mol. The number of halogens is 1. The van der Waals surface area contributed by atoms with E-state index in [0.29, 0.717) is 43.2 Å². The zero-order valence-corrected chi connectivity index (χ0v) is 17.3. The Balaban J connectivity index is 1.59. The molecule has 7 nitrogen and oxygen atoms in total. The number of hydrogen-bond donors (Lipinski definition) is 0. The van der Waals surface area contributed by atoms with E-state index < -0.39 is 0 Å². The zero-order valence-electron chi connectivity index (χ0n) is 17.3. The highest BCUT2D eigenvalue weighted by molar-refractivity contribution is 5.93. The summed E-state index contributed by atoms with van der Waals surface area (Å²) in [5.74, 6) is -0.543. The minimum atomic E-state index is -0.315. The molecule has 0 bridgehead atoms. The van der Waals surface area contributed by atoms with Gasteiger partial charge >= 0.3 is 0 Å². The number of rotatable bonds is 6. The molecule has 1 aliphatic rings. The average molecular weight is 411 g/mol. The van der Waals surface area contributed by atoms with E-state index in [1.807, 2.05) is 19.9 Å². The van der Waals surface area contributed by atoms with Gasteiger partial charge in [-0.1, -0.05) is 18.2 Å². The molecule has 4 rings (SSSR count). The lowest BCUT2D eigenvalue weighted by Gasteiger charge is -2.30. The molecule has 0 saturated carbocycles. The Morgan fingerprint density at radius 3 is 2.73 bits per heavy atom. The van der Waals surface area contributed by atoms with Crippen LogP contribution in [0.1, 0.15) is 27.4 Å². The molecule has 1 aliphatic heterocycles. The Morgan fingerprint density at radius 1 is 1.20 bits per heavy atom. The van der Waals surface area contributed by atoms with Gasteiger partial charge in [0.15, 0.2) is 11.3 Å². The number of nitrogens with zero attached hydrogens (tertiary/aromatic N) is 5. The fourth-order valence-electron chi connectivity index (χ4n) is 3.72. The summed E-state index contributed by atoms with van der Waals surface area (Å²) in [6.07, 6.45) is 0. The monoisotopic (exact) mass is 411 g/mol. The SMILES string of the molecule is Cc1cc(C)n2nc(C(=O)N(CCN3CCOCC3)Cc3ccccc3F)cc2n1. The minimum Gasteiger partial charge on any atom is -0.379 e. The number of morpholine rings is 1. The van der Waals surface area contributed by atoms with Crippen LogP contribution >= 0.6 is 0 Å². The molecule has 0 spiro atoms. The lowest BCUT2D eigenvalue weighted by atomic mass is 10.2. The first-order valence-electron chi connectivity index (χ1n) is 10.2. The van der Waals surface area contributed by atoms with Crippen LogP contribution in [0, 0.1) is 19.7 Å². The van der Waals surface area contributed by atoms with Gasteiger partial charge in [-0.05, 0) is 26.0 Å². The van der Waals surface area contributed by atoms with Gasteiger partial charge in [0.1, 0.15) is 5.82 Å². The number of amides is 1. The van der Waals surface area contributed by atoms with E-state index in [2.05, 4.69) is 15.0 Å². The first kappa shape index (κ1) is 20.4. The van der Waals surface area contributed by atoms with E-state index in [9.17, 15) is 9.18 Å². The fourth-order valence-corrected chi connectivity index (χ4v) is 3.72. The maximum atomic E-state index is 14.3. The van der Waals surface area contributed by atoms with Gasteiger partial charge in [-0.2, -0.15) is 5.10 Å². The average Bonchev–Trinajstić information content (AvgIpc) is 3.17. The van der Waals surface area contributed by atoms with Crippen molar-refractivity contribution < 1.29 is 13.9 Å². The molecular formula is C22H26FN5O2. The van der Waals surface area contributed by atoms with Crippen LogP contribution in [-0.2, 0) is 11.3 Å². The van der Waals surface area contributed by atoms with Gasteiger partial charge in [-0.25, -0.2) is 13.9 Å². The van der Waals surface area contributed by atoms with Crippen molar-refractivity contribution in [2.75, 3.05) is 39.4 Å². The van der Waals surface area contributed by atoms with Gasteiger partial charge < -0.3 is 9.64 Å². The molecule has 0 aliphatic carbocycles. The second-order valence-electron chi connectivity index (χ2n) is 7.61. The van der Waals surface area contributed by atoms with Crippen LogP contribution in [-0.4, -0.2) is 69.7 Å². The normalized spacial score (nSPS) is 14.9. The van der Waals surface area contributed by atoms with Crippen LogP contribution < -0.4 is 0 Å². The van der Waals surface area contributed by atoms with Gasteiger partial charge in [-0.15, -0.1) is 0 Å². The van der Waals surface area contributed by atoms with Gasteiger partial charge in [0.25, 0.3) is 5.91 Å². The third kappa shape index (κ3) is 4.49. The molecule has 3 aromatic rings. The Hall–Kier alpha value is -2.84. The van der Waals surface area contributed by atoms with Crippen LogP contribution in [0.5, 0.6) is 0 Å². The summed E-state index contributed by atoms with van der Waals surface area (Å²) in [4.78, 5) is 21.7. The Bertz CT molecular complexity index is 1050. The number of ether oxygens (including phenoxy) is 1. The molecule has 0 atom stereocenters. The largest absolute Gasteiger partial charge is 0.379 e. The maximum Gasteiger partial charge on any atom is 0.274 e. The summed E-state index contributed by atoms with van der Waals surface area (Å²) in [6, 6.07) is 10.2. The lowest BCUT2D eigenvalue weighted by molar-refractivity contribution is 0.0319. The van der Waals surface area contributed by atoms with E-state index in [4.69, 9.17) is 4.74 Å². The number of fused-ring (bicyclic) bond motifs is 1. The molecule has 0 radical (unpaired) electrons. The van der Waals surface area contributed by atoms with Crippen LogP contribution in [0.4, 0.5) is 4.39 Å². The van der Waals surface area contributed by atoms with Crippen molar-refractivity contribution in [3.63, 3.8) is 0 Å². The van der Waals surface area contributed by atoms with Crippen molar-refractivity contribution in [3.05, 3.63) is 64.9 Å². The fraction of sp³-hybridized carbons (Fsp3) is 0.409. The first-order chi connectivity index (χ1) is 14.5. The van der Waals surface area contributed by atoms with E-state index in [-0.39, 0.29) is 18.3 Å². The summed E-state index contributed by atoms with van der Waals surface area (Å²) in [5, 5.41) is 4.47. The van der Waals surface area contributed by atoms with Crippen LogP contribution in [0.15, 0.2) is 36.4 Å². The van der Waals surface area contributed by atoms with Crippen LogP contribution in [0.25, 0.3) is 5.65 Å². The molecule has 0 N–H and O–H groups in total. The standard InChI is InChI=1S/C22H26FN5O2/c1-16-13-17(2)28-21(24-16)14-20(25-28)22(29)27(8-7-26-9-11-30-12-10-26)15-18-5-3-4-6-19(18)23/h3-6,13-14H,7-12,15H2,1-2H3. The van der Waals surface area contributed by atoms with E-state index >= 15 is 0 Å². The molecule has 8 heteroatoms. The van der Waals surface area contributed by atoms with Crippen molar-refractivity contribution in [1.82, 2.24) is 24.4 Å². The Morgan fingerprint density at radius 2 is 1.97 bits per heavy atom. The second-order valence-corrected chi connectivity index (χ2v) is 7.61. The van der Waals surface area contributed by atoms with E-state index in [1.54, 1.807) is 33.7 Å². The zero-order chi connectivity index (χ0) is 21.1. The van der Waals surface area contributed by atoms with Crippen LogP contribution in [0.3, 0.4) is 0 Å². The lowest BCUT2D eigenvalue weighted by Crippen LogP contribution is -2.43. The highest BCUT2D eigenvalue weighted by Gasteiger charge is 2.22. The third-order valence-corrected chi connectivity index (χ3v) is 5.35. The summed E-state index contributed by atoms with van der Waals surface area (Å²) in [6.45, 7) is 8.26. The van der Waals surface area contributed by atoms with E-state index in [1.165, 1.54) is 6.07 Å². The molecule has 1 saturated heterocycles. The topological polar surface area (TPSA) is 63.0 Å². The van der Waals surface area contributed by atoms with Gasteiger partial charge in [0, 0.05) is 55.7 Å². The Kier molecular flexibility index (Phi) is 6.06. The Labute approximate surface area is 175 Å². The van der Waals surface area contributed by atoms with E-state index in [0.717, 1.165) is 24.5 Å². The van der Waals surface area contributed by atoms with Gasteiger partial charge in [0.2, 0.25) is 0 Å². The second kappa shape index (κ2) is 8.89. The van der Waals surface area contributed by atoms with Crippen molar-refractivity contribution >= 4 is 11.6 Å². The minimum absolute atomic E-state index is 0.190.